The molecular weight excluding hydrogens is 306 g/mol. The van der Waals surface area contributed by atoms with Gasteiger partial charge in [0.15, 0.2) is 0 Å². The first-order valence-corrected chi connectivity index (χ1v) is 8.23. The molecule has 0 aliphatic carbocycles. The maximum absolute atomic E-state index is 11.1. The predicted octanol–water partition coefficient (Wildman–Crippen LogP) is 2.20. The van der Waals surface area contributed by atoms with Crippen LogP contribution in [0.4, 0.5) is 5.82 Å². The van der Waals surface area contributed by atoms with Gasteiger partial charge in [0.2, 0.25) is 0 Å². The lowest BCUT2D eigenvalue weighted by molar-refractivity contribution is -0.142. The van der Waals surface area contributed by atoms with Crippen LogP contribution in [0.5, 0.6) is 0 Å². The summed E-state index contributed by atoms with van der Waals surface area (Å²) in [4.78, 5) is 22.6. The van der Waals surface area contributed by atoms with Gasteiger partial charge in [-0.15, -0.1) is 0 Å². The third kappa shape index (κ3) is 2.98. The standard InChI is InChI=1S/C17H23N5O2/c1-10-9-11(2)22(20-10)17-18-13(4)12(3)15(19-17)21-7-5-14(6-8-21)16(23)24/h9,14H,5-8H2,1-4H3,(H,23,24). The van der Waals surface area contributed by atoms with E-state index in [4.69, 9.17) is 10.1 Å². The number of aliphatic carboxylic acids is 1. The summed E-state index contributed by atoms with van der Waals surface area (Å²) in [5.41, 5.74) is 3.88. The van der Waals surface area contributed by atoms with Crippen molar-refractivity contribution in [3.63, 3.8) is 0 Å². The van der Waals surface area contributed by atoms with Crippen molar-refractivity contribution in [2.24, 2.45) is 5.92 Å². The number of anilines is 1. The molecule has 3 heterocycles. The highest BCUT2D eigenvalue weighted by atomic mass is 16.4. The fraction of sp³-hybridized carbons (Fsp3) is 0.529. The Kier molecular flexibility index (Phi) is 4.26. The molecule has 0 unspecified atom stereocenters. The first kappa shape index (κ1) is 16.4. The number of hydrogen-bond donors (Lipinski definition) is 1. The Morgan fingerprint density at radius 3 is 2.38 bits per heavy atom. The van der Waals surface area contributed by atoms with Crippen LogP contribution in [0.1, 0.15) is 35.5 Å². The number of rotatable bonds is 3. The minimum atomic E-state index is -0.700. The van der Waals surface area contributed by atoms with E-state index in [1.54, 1.807) is 4.68 Å². The van der Waals surface area contributed by atoms with Gasteiger partial charge in [0, 0.05) is 30.0 Å². The highest BCUT2D eigenvalue weighted by Crippen LogP contribution is 2.26. The van der Waals surface area contributed by atoms with E-state index < -0.39 is 5.97 Å². The molecule has 1 N–H and O–H groups in total. The molecule has 2 aromatic rings. The van der Waals surface area contributed by atoms with E-state index >= 15 is 0 Å². The smallest absolute Gasteiger partial charge is 0.306 e. The topological polar surface area (TPSA) is 84.1 Å². The molecule has 0 spiro atoms. The van der Waals surface area contributed by atoms with Crippen molar-refractivity contribution in [3.05, 3.63) is 28.7 Å². The van der Waals surface area contributed by atoms with Crippen molar-refractivity contribution < 1.29 is 9.90 Å². The van der Waals surface area contributed by atoms with E-state index in [2.05, 4.69) is 15.0 Å². The molecule has 0 atom stereocenters. The monoisotopic (exact) mass is 329 g/mol. The van der Waals surface area contributed by atoms with Gasteiger partial charge in [0.1, 0.15) is 5.82 Å². The van der Waals surface area contributed by atoms with Crippen LogP contribution in [0.2, 0.25) is 0 Å². The van der Waals surface area contributed by atoms with Gasteiger partial charge in [-0.2, -0.15) is 10.1 Å². The van der Waals surface area contributed by atoms with E-state index in [9.17, 15) is 4.79 Å². The van der Waals surface area contributed by atoms with Gasteiger partial charge in [-0.25, -0.2) is 9.67 Å². The largest absolute Gasteiger partial charge is 0.481 e. The van der Waals surface area contributed by atoms with Gasteiger partial charge in [0.05, 0.1) is 11.6 Å². The van der Waals surface area contributed by atoms with Gasteiger partial charge in [-0.3, -0.25) is 4.79 Å². The Morgan fingerprint density at radius 2 is 1.83 bits per heavy atom. The lowest BCUT2D eigenvalue weighted by atomic mass is 9.97. The second-order valence-electron chi connectivity index (χ2n) is 6.50. The zero-order chi connectivity index (χ0) is 17.4. The van der Waals surface area contributed by atoms with Gasteiger partial charge < -0.3 is 10.0 Å². The third-order valence-corrected chi connectivity index (χ3v) is 4.69. The Morgan fingerprint density at radius 1 is 1.17 bits per heavy atom. The summed E-state index contributed by atoms with van der Waals surface area (Å²) in [7, 11) is 0. The molecule has 7 nitrogen and oxygen atoms in total. The minimum Gasteiger partial charge on any atom is -0.481 e. The molecule has 1 aliphatic rings. The Balaban J connectivity index is 1.94. The van der Waals surface area contributed by atoms with Crippen LogP contribution < -0.4 is 4.90 Å². The Hall–Kier alpha value is -2.44. The van der Waals surface area contributed by atoms with Crippen molar-refractivity contribution >= 4 is 11.8 Å². The number of carboxylic acids is 1. The normalized spacial score (nSPS) is 15.8. The highest BCUT2D eigenvalue weighted by molar-refractivity contribution is 5.70. The number of aromatic nitrogens is 4. The van der Waals surface area contributed by atoms with Crippen LogP contribution in [0.15, 0.2) is 6.07 Å². The van der Waals surface area contributed by atoms with Crippen LogP contribution in [-0.4, -0.2) is 43.9 Å². The zero-order valence-electron chi connectivity index (χ0n) is 14.6. The minimum absolute atomic E-state index is 0.250. The lowest BCUT2D eigenvalue weighted by Crippen LogP contribution is -2.37. The number of carboxylic acid groups (broad SMARTS) is 1. The summed E-state index contributed by atoms with van der Waals surface area (Å²) in [5, 5.41) is 13.6. The SMILES string of the molecule is Cc1cc(C)n(-c2nc(C)c(C)c(N3CCC(C(=O)O)CC3)n2)n1. The summed E-state index contributed by atoms with van der Waals surface area (Å²) in [6, 6.07) is 2.00. The van der Waals surface area contributed by atoms with Crippen LogP contribution in [0.3, 0.4) is 0 Å². The van der Waals surface area contributed by atoms with Crippen LogP contribution in [-0.2, 0) is 4.79 Å². The third-order valence-electron chi connectivity index (χ3n) is 4.69. The van der Waals surface area contributed by atoms with Crippen LogP contribution in [0, 0.1) is 33.6 Å². The first-order valence-electron chi connectivity index (χ1n) is 8.23. The van der Waals surface area contributed by atoms with Crippen LogP contribution in [0.25, 0.3) is 5.95 Å². The average Bonchev–Trinajstić information content (AvgIpc) is 2.88. The quantitative estimate of drug-likeness (QED) is 0.929. The molecule has 2 aromatic heterocycles. The summed E-state index contributed by atoms with van der Waals surface area (Å²) in [6.45, 7) is 9.31. The second kappa shape index (κ2) is 6.22. The summed E-state index contributed by atoms with van der Waals surface area (Å²) in [5.74, 6) is 0.501. The number of hydrogen-bond acceptors (Lipinski definition) is 5. The number of aryl methyl sites for hydroxylation is 3. The maximum Gasteiger partial charge on any atom is 0.306 e. The summed E-state index contributed by atoms with van der Waals surface area (Å²) >= 11 is 0. The van der Waals surface area contributed by atoms with Crippen molar-refractivity contribution in [3.8, 4) is 5.95 Å². The van der Waals surface area contributed by atoms with Crippen molar-refractivity contribution in [1.82, 2.24) is 19.7 Å². The summed E-state index contributed by atoms with van der Waals surface area (Å²) < 4.78 is 1.76. The highest BCUT2D eigenvalue weighted by Gasteiger charge is 2.26. The fourth-order valence-corrected chi connectivity index (χ4v) is 3.17. The predicted molar refractivity (Wildman–Crippen MR) is 90.7 cm³/mol. The lowest BCUT2D eigenvalue weighted by Gasteiger charge is -2.32. The molecule has 0 aromatic carbocycles. The first-order chi connectivity index (χ1) is 11.4. The number of nitrogens with zero attached hydrogens (tertiary/aromatic N) is 5. The van der Waals surface area contributed by atoms with Gasteiger partial charge in [-0.05, 0) is 46.6 Å². The van der Waals surface area contributed by atoms with E-state index in [1.165, 1.54) is 0 Å². The fourth-order valence-electron chi connectivity index (χ4n) is 3.17. The summed E-state index contributed by atoms with van der Waals surface area (Å²) in [6.07, 6.45) is 1.29. The Bertz CT molecular complexity index is 776. The second-order valence-corrected chi connectivity index (χ2v) is 6.50. The van der Waals surface area contributed by atoms with Crippen molar-refractivity contribution in [2.75, 3.05) is 18.0 Å². The molecule has 0 amide bonds. The van der Waals surface area contributed by atoms with Crippen molar-refractivity contribution in [2.45, 2.75) is 40.5 Å². The molecule has 24 heavy (non-hydrogen) atoms. The zero-order valence-corrected chi connectivity index (χ0v) is 14.6. The Labute approximate surface area is 141 Å². The van der Waals surface area contributed by atoms with E-state index in [-0.39, 0.29) is 5.92 Å². The molecule has 1 saturated heterocycles. The molecule has 7 heteroatoms. The molecule has 0 saturated carbocycles. The molecular formula is C17H23N5O2. The molecule has 3 rings (SSSR count). The van der Waals surface area contributed by atoms with Crippen molar-refractivity contribution in [1.29, 1.82) is 0 Å². The number of carbonyl (C=O) groups is 1. The van der Waals surface area contributed by atoms with Gasteiger partial charge in [-0.1, -0.05) is 0 Å². The molecule has 0 radical (unpaired) electrons. The molecule has 1 aliphatic heterocycles. The van der Waals surface area contributed by atoms with E-state index in [0.717, 1.165) is 28.5 Å². The van der Waals surface area contributed by atoms with Gasteiger partial charge in [0.25, 0.3) is 5.95 Å². The average molecular weight is 329 g/mol. The maximum atomic E-state index is 11.1. The molecule has 1 fully saturated rings. The molecule has 128 valence electrons. The van der Waals surface area contributed by atoms with E-state index in [1.807, 2.05) is 33.8 Å². The number of piperidine rings is 1. The van der Waals surface area contributed by atoms with Crippen LogP contribution >= 0.6 is 0 Å². The molecule has 0 bridgehead atoms. The van der Waals surface area contributed by atoms with E-state index in [0.29, 0.717) is 31.9 Å². The van der Waals surface area contributed by atoms with Gasteiger partial charge >= 0.3 is 5.97 Å².